The number of carbonyl (C=O) groups excluding carboxylic acids is 1. The van der Waals surface area contributed by atoms with Crippen molar-refractivity contribution in [3.05, 3.63) is 47.7 Å². The van der Waals surface area contributed by atoms with Crippen molar-refractivity contribution in [3.63, 3.8) is 0 Å². The summed E-state index contributed by atoms with van der Waals surface area (Å²) >= 11 is 0. The van der Waals surface area contributed by atoms with Gasteiger partial charge in [0.2, 0.25) is 5.88 Å². The third kappa shape index (κ3) is 5.25. The van der Waals surface area contributed by atoms with Crippen LogP contribution in [0.2, 0.25) is 0 Å². The molecule has 0 aliphatic carbocycles. The molecular weight excluding hydrogens is 455 g/mol. The van der Waals surface area contributed by atoms with Crippen molar-refractivity contribution in [3.8, 4) is 17.4 Å². The van der Waals surface area contributed by atoms with Crippen LogP contribution in [-0.2, 0) is 6.42 Å². The molecule has 2 aliphatic rings. The van der Waals surface area contributed by atoms with Crippen molar-refractivity contribution in [1.29, 1.82) is 0 Å². The lowest BCUT2D eigenvalue weighted by atomic mass is 10.1. The number of amides is 1. The van der Waals surface area contributed by atoms with E-state index in [0.29, 0.717) is 66.7 Å². The molecule has 0 spiro atoms. The number of hydrogen-bond donors (Lipinski definition) is 1. The van der Waals surface area contributed by atoms with Gasteiger partial charge in [0.25, 0.3) is 5.91 Å². The van der Waals surface area contributed by atoms with Gasteiger partial charge in [-0.15, -0.1) is 0 Å². The van der Waals surface area contributed by atoms with Gasteiger partial charge in [0.15, 0.2) is 11.5 Å². The molecule has 0 atom stereocenters. The second-order valence-corrected chi connectivity index (χ2v) is 8.39. The maximum absolute atomic E-state index is 14.5. The number of carbonyl (C=O) groups is 1. The monoisotopic (exact) mass is 482 g/mol. The average molecular weight is 483 g/mol. The van der Waals surface area contributed by atoms with Gasteiger partial charge in [-0.05, 0) is 25.5 Å². The topological polar surface area (TPSA) is 102 Å². The van der Waals surface area contributed by atoms with Crippen LogP contribution in [-0.4, -0.2) is 83.8 Å². The van der Waals surface area contributed by atoms with Crippen LogP contribution in [0.4, 0.5) is 4.39 Å². The zero-order valence-corrected chi connectivity index (χ0v) is 19.5. The molecule has 0 unspecified atom stereocenters. The summed E-state index contributed by atoms with van der Waals surface area (Å²) in [5.74, 6) is 0.900. The van der Waals surface area contributed by atoms with E-state index in [4.69, 9.17) is 14.2 Å². The summed E-state index contributed by atoms with van der Waals surface area (Å²) < 4.78 is 30.7. The number of aryl methyl sites for hydroxylation is 1. The summed E-state index contributed by atoms with van der Waals surface area (Å²) in [5, 5.41) is 1.89. The van der Waals surface area contributed by atoms with E-state index in [1.54, 1.807) is 18.2 Å². The van der Waals surface area contributed by atoms with Gasteiger partial charge in [0.1, 0.15) is 24.7 Å². The fourth-order valence-electron chi connectivity index (χ4n) is 4.27. The second-order valence-electron chi connectivity index (χ2n) is 8.39. The number of hydrazine groups is 1. The minimum absolute atomic E-state index is 0.279. The average Bonchev–Trinajstić information content (AvgIpc) is 2.90. The highest BCUT2D eigenvalue weighted by Crippen LogP contribution is 2.29. The smallest absolute Gasteiger partial charge is 0.284 e. The Kier molecular flexibility index (Phi) is 6.87. The summed E-state index contributed by atoms with van der Waals surface area (Å²) in [4.78, 5) is 27.6. The van der Waals surface area contributed by atoms with Crippen LogP contribution in [0.5, 0.6) is 17.4 Å². The van der Waals surface area contributed by atoms with Gasteiger partial charge in [-0.25, -0.2) is 19.4 Å². The lowest BCUT2D eigenvalue weighted by molar-refractivity contribution is 0.0612. The van der Waals surface area contributed by atoms with Gasteiger partial charge in [-0.3, -0.25) is 15.2 Å². The number of fused-ring (bicyclic) bond motifs is 2. The predicted molar refractivity (Wildman–Crippen MR) is 125 cm³/mol. The number of methoxy groups -OCH3 is 1. The minimum Gasteiger partial charge on any atom is -0.486 e. The molecule has 5 heterocycles. The Hall–Kier alpha value is -3.57. The molecular formula is C24H27FN6O4. The zero-order valence-electron chi connectivity index (χ0n) is 19.5. The van der Waals surface area contributed by atoms with Crippen LogP contribution >= 0.6 is 0 Å². The molecule has 1 N–H and O–H groups in total. The van der Waals surface area contributed by atoms with Gasteiger partial charge in [0, 0.05) is 43.9 Å². The standard InChI is InChI=1S/C24H27FN6O4/c1-33-22-5-4-18-23(28-22)16(17(25)14-26-18)3-2-6-30-7-9-31(10-8-30)29-24(32)19-13-20-21(15-27-19)35-12-11-34-20/h4-5,13-15H,2-3,6-12H2,1H3,(H,29,32). The number of hydrogen-bond acceptors (Lipinski definition) is 9. The Bertz CT molecular complexity index is 1220. The van der Waals surface area contributed by atoms with Crippen molar-refractivity contribution < 1.29 is 23.4 Å². The molecule has 0 saturated carbocycles. The van der Waals surface area contributed by atoms with Crippen molar-refractivity contribution in [2.75, 3.05) is 53.0 Å². The lowest BCUT2D eigenvalue weighted by Gasteiger charge is -2.34. The molecule has 10 nitrogen and oxygen atoms in total. The Labute approximate surface area is 202 Å². The molecule has 35 heavy (non-hydrogen) atoms. The zero-order chi connectivity index (χ0) is 24.2. The molecule has 0 radical (unpaired) electrons. The molecule has 0 aromatic carbocycles. The fourth-order valence-corrected chi connectivity index (χ4v) is 4.27. The third-order valence-corrected chi connectivity index (χ3v) is 6.14. The molecule has 2 aliphatic heterocycles. The van der Waals surface area contributed by atoms with Crippen molar-refractivity contribution in [1.82, 2.24) is 30.3 Å². The number of rotatable bonds is 7. The van der Waals surface area contributed by atoms with Crippen LogP contribution in [0.3, 0.4) is 0 Å². The van der Waals surface area contributed by atoms with Gasteiger partial charge in [0.05, 0.1) is 30.5 Å². The first-order valence-corrected chi connectivity index (χ1v) is 11.6. The van der Waals surface area contributed by atoms with Gasteiger partial charge in [-0.1, -0.05) is 0 Å². The van der Waals surface area contributed by atoms with Gasteiger partial charge >= 0.3 is 0 Å². The van der Waals surface area contributed by atoms with Crippen LogP contribution in [0.1, 0.15) is 22.5 Å². The van der Waals surface area contributed by atoms with E-state index >= 15 is 0 Å². The summed E-state index contributed by atoms with van der Waals surface area (Å²) in [7, 11) is 1.54. The Morgan fingerprint density at radius 3 is 2.71 bits per heavy atom. The first kappa shape index (κ1) is 23.2. The van der Waals surface area contributed by atoms with E-state index in [2.05, 4.69) is 25.3 Å². The van der Waals surface area contributed by atoms with Crippen LogP contribution in [0.15, 0.2) is 30.6 Å². The molecule has 184 valence electrons. The van der Waals surface area contributed by atoms with Crippen LogP contribution in [0, 0.1) is 5.82 Å². The quantitative estimate of drug-likeness (QED) is 0.540. The molecule has 1 saturated heterocycles. The van der Waals surface area contributed by atoms with Crippen molar-refractivity contribution >= 4 is 16.9 Å². The first-order chi connectivity index (χ1) is 17.1. The van der Waals surface area contributed by atoms with Crippen molar-refractivity contribution in [2.45, 2.75) is 12.8 Å². The van der Waals surface area contributed by atoms with E-state index in [9.17, 15) is 9.18 Å². The Morgan fingerprint density at radius 1 is 1.11 bits per heavy atom. The summed E-state index contributed by atoms with van der Waals surface area (Å²) in [6.45, 7) is 4.70. The minimum atomic E-state index is -0.349. The first-order valence-electron chi connectivity index (χ1n) is 11.6. The maximum Gasteiger partial charge on any atom is 0.284 e. The molecule has 0 bridgehead atoms. The van der Waals surface area contributed by atoms with Crippen molar-refractivity contribution in [2.24, 2.45) is 0 Å². The highest BCUT2D eigenvalue weighted by Gasteiger charge is 2.21. The lowest BCUT2D eigenvalue weighted by Crippen LogP contribution is -2.53. The highest BCUT2D eigenvalue weighted by atomic mass is 19.1. The number of pyridine rings is 3. The van der Waals surface area contributed by atoms with Gasteiger partial charge in [-0.2, -0.15) is 0 Å². The number of halogens is 1. The number of nitrogens with zero attached hydrogens (tertiary/aromatic N) is 5. The molecule has 1 amide bonds. The van der Waals surface area contributed by atoms with E-state index in [0.717, 1.165) is 26.1 Å². The SMILES string of the molecule is COc1ccc2ncc(F)c(CCCN3CCN(NC(=O)c4cc5c(cn4)OCCO5)CC3)c2n1. The number of aromatic nitrogens is 3. The van der Waals surface area contributed by atoms with E-state index < -0.39 is 0 Å². The van der Waals surface area contributed by atoms with Crippen LogP contribution in [0.25, 0.3) is 11.0 Å². The molecule has 11 heteroatoms. The molecule has 5 rings (SSSR count). The van der Waals surface area contributed by atoms with Crippen LogP contribution < -0.4 is 19.6 Å². The third-order valence-electron chi connectivity index (χ3n) is 6.14. The largest absolute Gasteiger partial charge is 0.486 e. The normalized spacial score (nSPS) is 16.3. The second kappa shape index (κ2) is 10.4. The molecule has 3 aromatic rings. The summed E-state index contributed by atoms with van der Waals surface area (Å²) in [6, 6.07) is 5.11. The van der Waals surface area contributed by atoms with E-state index in [-0.39, 0.29) is 17.4 Å². The van der Waals surface area contributed by atoms with Gasteiger partial charge < -0.3 is 19.1 Å². The van der Waals surface area contributed by atoms with E-state index in [1.807, 2.05) is 5.01 Å². The number of ether oxygens (including phenoxy) is 3. The van der Waals surface area contributed by atoms with E-state index in [1.165, 1.54) is 19.5 Å². The Morgan fingerprint density at radius 2 is 1.91 bits per heavy atom. The highest BCUT2D eigenvalue weighted by molar-refractivity contribution is 5.92. The predicted octanol–water partition coefficient (Wildman–Crippen LogP) is 1.84. The number of nitrogens with one attached hydrogen (secondary N) is 1. The molecule has 1 fully saturated rings. The Balaban J connectivity index is 1.11. The maximum atomic E-state index is 14.5. The molecule has 3 aromatic heterocycles. The fraction of sp³-hybridized carbons (Fsp3) is 0.417. The number of piperazine rings is 1. The summed E-state index contributed by atoms with van der Waals surface area (Å²) in [6.07, 6.45) is 4.10. The summed E-state index contributed by atoms with van der Waals surface area (Å²) in [5.41, 5.74) is 4.96.